The third-order valence-corrected chi connectivity index (χ3v) is 4.27. The molecule has 1 heterocycles. The van der Waals surface area contributed by atoms with E-state index in [0.29, 0.717) is 0 Å². The molecule has 1 aromatic heterocycles. The lowest BCUT2D eigenvalue weighted by molar-refractivity contribution is 0.305. The van der Waals surface area contributed by atoms with Crippen LogP contribution in [0.15, 0.2) is 12.7 Å². The summed E-state index contributed by atoms with van der Waals surface area (Å²) >= 11 is 18.5. The van der Waals surface area contributed by atoms with E-state index in [0.717, 1.165) is 0 Å². The molecule has 0 amide bonds. The fourth-order valence-corrected chi connectivity index (χ4v) is 1.49. The number of aromatic nitrogens is 3. The molecular weight excluding hydrogens is 244 g/mol. The van der Waals surface area contributed by atoms with Crippen molar-refractivity contribution in [3.05, 3.63) is 12.7 Å². The van der Waals surface area contributed by atoms with Crippen LogP contribution in [0, 0.1) is 5.41 Å². The first-order valence-corrected chi connectivity index (χ1v) is 5.32. The fraction of sp³-hybridized carbons (Fsp3) is 0.750. The summed E-state index contributed by atoms with van der Waals surface area (Å²) in [6.45, 7) is 5.75. The summed E-state index contributed by atoms with van der Waals surface area (Å²) in [7, 11) is 0. The van der Waals surface area contributed by atoms with Gasteiger partial charge in [0.15, 0.2) is 9.83 Å². The number of nitrogens with zero attached hydrogens (tertiary/aromatic N) is 3. The fourth-order valence-electron chi connectivity index (χ4n) is 0.858. The lowest BCUT2D eigenvalue weighted by Crippen LogP contribution is -2.38. The minimum absolute atomic E-state index is 0.353. The molecule has 0 saturated heterocycles. The van der Waals surface area contributed by atoms with Crippen molar-refractivity contribution in [1.82, 2.24) is 14.8 Å². The monoisotopic (exact) mass is 255 g/mol. The molecule has 1 rings (SSSR count). The standard InChI is InChI=1S/C8H12Cl3N3/c1-7(2,3)8(10,11)6(9)14-5-12-4-13-14/h4-6H,1-3H3. The second kappa shape index (κ2) is 3.87. The Morgan fingerprint density at radius 3 is 2.21 bits per heavy atom. The highest BCUT2D eigenvalue weighted by Gasteiger charge is 2.46. The van der Waals surface area contributed by atoms with Gasteiger partial charge in [-0.15, -0.1) is 0 Å². The second-order valence-electron chi connectivity index (χ2n) is 4.08. The SMILES string of the molecule is CC(C)(C)C(Cl)(Cl)C(Cl)n1cncn1. The number of hydrogen-bond donors (Lipinski definition) is 0. The van der Waals surface area contributed by atoms with E-state index in [4.69, 9.17) is 34.8 Å². The number of halogens is 3. The molecule has 0 aliphatic carbocycles. The molecule has 1 aromatic rings. The van der Waals surface area contributed by atoms with E-state index in [1.54, 1.807) is 0 Å². The highest BCUT2D eigenvalue weighted by molar-refractivity contribution is 6.52. The minimum atomic E-state index is -1.11. The maximum Gasteiger partial charge on any atom is 0.160 e. The molecule has 6 heteroatoms. The second-order valence-corrected chi connectivity index (χ2v) is 5.88. The predicted molar refractivity (Wildman–Crippen MR) is 58.8 cm³/mol. The normalized spacial score (nSPS) is 15.6. The Labute approximate surface area is 98.4 Å². The molecule has 0 spiro atoms. The van der Waals surface area contributed by atoms with Crippen molar-refractivity contribution in [3.8, 4) is 0 Å². The van der Waals surface area contributed by atoms with E-state index in [1.807, 2.05) is 20.8 Å². The van der Waals surface area contributed by atoms with Gasteiger partial charge in [-0.2, -0.15) is 5.10 Å². The first-order chi connectivity index (χ1) is 6.27. The molecule has 0 aliphatic heterocycles. The zero-order chi connectivity index (χ0) is 11.0. The minimum Gasteiger partial charge on any atom is -0.232 e. The Morgan fingerprint density at radius 2 is 1.86 bits per heavy atom. The van der Waals surface area contributed by atoms with Crippen molar-refractivity contribution in [3.63, 3.8) is 0 Å². The van der Waals surface area contributed by atoms with E-state index >= 15 is 0 Å². The Morgan fingerprint density at radius 1 is 1.29 bits per heavy atom. The van der Waals surface area contributed by atoms with Gasteiger partial charge in [0, 0.05) is 0 Å². The summed E-state index contributed by atoms with van der Waals surface area (Å²) in [5, 5.41) is 3.90. The van der Waals surface area contributed by atoms with Gasteiger partial charge in [0.25, 0.3) is 0 Å². The molecule has 80 valence electrons. The average Bonchev–Trinajstić information content (AvgIpc) is 2.52. The van der Waals surface area contributed by atoms with Crippen LogP contribution in [0.5, 0.6) is 0 Å². The van der Waals surface area contributed by atoms with Crippen LogP contribution >= 0.6 is 34.8 Å². The van der Waals surface area contributed by atoms with E-state index in [9.17, 15) is 0 Å². The highest BCUT2D eigenvalue weighted by Crippen LogP contribution is 2.49. The number of rotatable bonds is 2. The molecule has 0 bridgehead atoms. The molecule has 0 aliphatic rings. The highest BCUT2D eigenvalue weighted by atomic mass is 35.5. The zero-order valence-electron chi connectivity index (χ0n) is 8.21. The molecule has 0 saturated carbocycles. The summed E-state index contributed by atoms with van der Waals surface area (Å²) < 4.78 is 0.328. The van der Waals surface area contributed by atoms with Crippen molar-refractivity contribution >= 4 is 34.8 Å². The van der Waals surface area contributed by atoms with Crippen molar-refractivity contribution < 1.29 is 0 Å². The summed E-state index contributed by atoms with van der Waals surface area (Å²) in [5.74, 6) is 0. The van der Waals surface area contributed by atoms with Gasteiger partial charge in [-0.05, 0) is 5.41 Å². The van der Waals surface area contributed by atoms with Gasteiger partial charge in [0.05, 0.1) is 0 Å². The summed E-state index contributed by atoms with van der Waals surface area (Å²) in [5.41, 5.74) is -0.998. The van der Waals surface area contributed by atoms with E-state index in [-0.39, 0.29) is 5.41 Å². The quantitative estimate of drug-likeness (QED) is 0.761. The van der Waals surface area contributed by atoms with Crippen LogP contribution in [0.2, 0.25) is 0 Å². The van der Waals surface area contributed by atoms with Gasteiger partial charge in [-0.25, -0.2) is 9.67 Å². The van der Waals surface area contributed by atoms with E-state index < -0.39 is 9.83 Å². The predicted octanol–water partition coefficient (Wildman–Crippen LogP) is 3.24. The Balaban J connectivity index is 2.94. The largest absolute Gasteiger partial charge is 0.232 e. The Hall–Kier alpha value is 0.01000. The Bertz CT molecular complexity index is 289. The van der Waals surface area contributed by atoms with Gasteiger partial charge in [-0.1, -0.05) is 55.6 Å². The summed E-state index contributed by atoms with van der Waals surface area (Å²) in [6, 6.07) is 0. The topological polar surface area (TPSA) is 30.7 Å². The smallest absolute Gasteiger partial charge is 0.160 e. The van der Waals surface area contributed by atoms with Gasteiger partial charge in [0.2, 0.25) is 0 Å². The van der Waals surface area contributed by atoms with Gasteiger partial charge < -0.3 is 0 Å². The van der Waals surface area contributed by atoms with E-state index in [1.165, 1.54) is 17.3 Å². The molecular formula is C8H12Cl3N3. The average molecular weight is 257 g/mol. The molecule has 0 radical (unpaired) electrons. The van der Waals surface area contributed by atoms with Crippen LogP contribution in [0.3, 0.4) is 0 Å². The lowest BCUT2D eigenvalue weighted by atomic mass is 9.91. The third kappa shape index (κ3) is 2.15. The molecule has 14 heavy (non-hydrogen) atoms. The molecule has 0 N–H and O–H groups in total. The third-order valence-electron chi connectivity index (χ3n) is 1.97. The summed E-state index contributed by atoms with van der Waals surface area (Å²) in [6.07, 6.45) is 2.88. The first kappa shape index (κ1) is 12.1. The molecule has 0 fully saturated rings. The molecule has 1 unspecified atom stereocenters. The van der Waals surface area contributed by atoms with Crippen molar-refractivity contribution in [2.75, 3.05) is 0 Å². The van der Waals surface area contributed by atoms with Gasteiger partial charge >= 0.3 is 0 Å². The van der Waals surface area contributed by atoms with Gasteiger partial charge in [-0.3, -0.25) is 0 Å². The van der Waals surface area contributed by atoms with Crippen LogP contribution in [0.1, 0.15) is 26.3 Å². The van der Waals surface area contributed by atoms with Crippen LogP contribution in [0.4, 0.5) is 0 Å². The number of hydrogen-bond acceptors (Lipinski definition) is 2. The summed E-state index contributed by atoms with van der Waals surface area (Å²) in [4.78, 5) is 3.79. The van der Waals surface area contributed by atoms with Crippen molar-refractivity contribution in [2.45, 2.75) is 30.6 Å². The van der Waals surface area contributed by atoms with Crippen molar-refractivity contribution in [2.24, 2.45) is 5.41 Å². The molecule has 3 nitrogen and oxygen atoms in total. The van der Waals surface area contributed by atoms with Gasteiger partial charge in [0.1, 0.15) is 12.7 Å². The van der Waals surface area contributed by atoms with Crippen LogP contribution in [-0.4, -0.2) is 19.1 Å². The van der Waals surface area contributed by atoms with Crippen LogP contribution in [0.25, 0.3) is 0 Å². The van der Waals surface area contributed by atoms with Crippen LogP contribution in [-0.2, 0) is 0 Å². The maximum absolute atomic E-state index is 6.20. The number of alkyl halides is 3. The van der Waals surface area contributed by atoms with Crippen molar-refractivity contribution in [1.29, 1.82) is 0 Å². The zero-order valence-corrected chi connectivity index (χ0v) is 10.5. The first-order valence-electron chi connectivity index (χ1n) is 4.13. The lowest BCUT2D eigenvalue weighted by Gasteiger charge is -2.36. The molecule has 0 aromatic carbocycles. The molecule has 1 atom stereocenters. The van der Waals surface area contributed by atoms with E-state index in [2.05, 4.69) is 10.1 Å². The maximum atomic E-state index is 6.20. The van der Waals surface area contributed by atoms with Crippen LogP contribution < -0.4 is 0 Å². The Kier molecular flexibility index (Phi) is 3.34.